The molecule has 0 aliphatic carbocycles. The van der Waals surface area contributed by atoms with E-state index < -0.39 is 5.97 Å². The molecule has 2 aromatic heterocycles. The summed E-state index contributed by atoms with van der Waals surface area (Å²) in [6.07, 6.45) is 3.46. The highest BCUT2D eigenvalue weighted by Gasteiger charge is 2.20. The zero-order valence-corrected chi connectivity index (χ0v) is 11.2. The Bertz CT molecular complexity index is 556. The zero-order chi connectivity index (χ0) is 13.7. The molecule has 3 N–H and O–H groups in total. The summed E-state index contributed by atoms with van der Waals surface area (Å²) in [5.41, 5.74) is 6.99. The number of ether oxygens (including phenoxy) is 1. The summed E-state index contributed by atoms with van der Waals surface area (Å²) in [6.45, 7) is 2.59. The number of carbonyl (C=O) groups is 1. The largest absolute Gasteiger partial charge is 0.462 e. The van der Waals surface area contributed by atoms with Gasteiger partial charge in [0.05, 0.1) is 6.61 Å². The number of nitrogens with zero attached hydrogens (tertiary/aromatic N) is 2. The molecule has 0 radical (unpaired) electrons. The van der Waals surface area contributed by atoms with Gasteiger partial charge in [0.2, 0.25) is 0 Å². The van der Waals surface area contributed by atoms with Crippen LogP contribution >= 0.6 is 11.5 Å². The zero-order valence-electron chi connectivity index (χ0n) is 10.4. The van der Waals surface area contributed by atoms with Crippen LogP contribution in [-0.2, 0) is 11.3 Å². The van der Waals surface area contributed by atoms with Crippen molar-refractivity contribution in [1.29, 1.82) is 0 Å². The van der Waals surface area contributed by atoms with Crippen molar-refractivity contribution in [2.75, 3.05) is 17.7 Å². The van der Waals surface area contributed by atoms with Gasteiger partial charge in [0, 0.05) is 18.9 Å². The van der Waals surface area contributed by atoms with Crippen molar-refractivity contribution in [3.63, 3.8) is 0 Å². The molecule has 100 valence electrons. The average Bonchev–Trinajstić information content (AvgIpc) is 2.79. The molecule has 0 saturated carbocycles. The number of nitrogens with two attached hydrogens (primary N) is 1. The number of carbonyl (C=O) groups excluding carboxylic acids is 1. The second kappa shape index (κ2) is 6.14. The van der Waals surface area contributed by atoms with E-state index in [1.54, 1.807) is 19.3 Å². The predicted octanol–water partition coefficient (Wildman–Crippen LogP) is 1.91. The third-order valence-corrected chi connectivity index (χ3v) is 3.19. The van der Waals surface area contributed by atoms with Crippen LogP contribution in [0.4, 0.5) is 10.8 Å². The van der Waals surface area contributed by atoms with Gasteiger partial charge in [0.1, 0.15) is 10.6 Å². The minimum atomic E-state index is -0.456. The van der Waals surface area contributed by atoms with Gasteiger partial charge in [-0.2, -0.15) is 4.37 Å². The standard InChI is InChI=1S/C12H14N4O2S/c1-2-18-12(17)9-10(13)16-19-11(9)15-7-8-4-3-5-14-6-8/h3-6,15H,2,7H2,1H3,(H2,13,16). The van der Waals surface area contributed by atoms with Crippen LogP contribution in [0.15, 0.2) is 24.5 Å². The molecule has 0 aliphatic heterocycles. The summed E-state index contributed by atoms with van der Waals surface area (Å²) in [5.74, 6) is -0.264. The first kappa shape index (κ1) is 13.3. The Hall–Kier alpha value is -2.15. The Morgan fingerprint density at radius 3 is 3.11 bits per heavy atom. The lowest BCUT2D eigenvalue weighted by atomic mass is 10.2. The van der Waals surface area contributed by atoms with Gasteiger partial charge in [-0.05, 0) is 30.1 Å². The smallest absolute Gasteiger partial charge is 0.344 e. The SMILES string of the molecule is CCOC(=O)c1c(N)nsc1NCc1cccnc1. The number of rotatable bonds is 5. The second-order valence-corrected chi connectivity index (χ2v) is 4.48. The molecule has 2 heterocycles. The van der Waals surface area contributed by atoms with Crippen molar-refractivity contribution in [3.05, 3.63) is 35.7 Å². The van der Waals surface area contributed by atoms with Crippen molar-refractivity contribution in [3.8, 4) is 0 Å². The minimum Gasteiger partial charge on any atom is -0.462 e. The number of hydrogen-bond acceptors (Lipinski definition) is 7. The fourth-order valence-corrected chi connectivity index (χ4v) is 2.21. The van der Waals surface area contributed by atoms with E-state index in [4.69, 9.17) is 10.5 Å². The molecule has 19 heavy (non-hydrogen) atoms. The van der Waals surface area contributed by atoms with E-state index >= 15 is 0 Å². The Morgan fingerprint density at radius 1 is 1.58 bits per heavy atom. The topological polar surface area (TPSA) is 90.1 Å². The Labute approximate surface area is 114 Å². The van der Waals surface area contributed by atoms with E-state index in [0.29, 0.717) is 23.7 Å². The van der Waals surface area contributed by atoms with Crippen molar-refractivity contribution < 1.29 is 9.53 Å². The molecule has 6 nitrogen and oxygen atoms in total. The predicted molar refractivity (Wildman–Crippen MR) is 74.0 cm³/mol. The summed E-state index contributed by atoms with van der Waals surface area (Å²) < 4.78 is 8.93. The number of pyridine rings is 1. The van der Waals surface area contributed by atoms with Gasteiger partial charge in [0.25, 0.3) is 0 Å². The number of nitrogen functional groups attached to an aromatic ring is 1. The van der Waals surface area contributed by atoms with Crippen LogP contribution in [0, 0.1) is 0 Å². The molecule has 0 saturated heterocycles. The maximum Gasteiger partial charge on any atom is 0.344 e. The Morgan fingerprint density at radius 2 is 2.42 bits per heavy atom. The van der Waals surface area contributed by atoms with Gasteiger partial charge in [-0.1, -0.05) is 6.07 Å². The summed E-state index contributed by atoms with van der Waals surface area (Å²) in [7, 11) is 0. The number of hydrogen-bond donors (Lipinski definition) is 2. The summed E-state index contributed by atoms with van der Waals surface area (Å²) in [6, 6.07) is 3.79. The van der Waals surface area contributed by atoms with E-state index in [1.807, 2.05) is 12.1 Å². The van der Waals surface area contributed by atoms with Gasteiger partial charge < -0.3 is 15.8 Å². The van der Waals surface area contributed by atoms with Crippen LogP contribution in [0.25, 0.3) is 0 Å². The lowest BCUT2D eigenvalue weighted by molar-refractivity contribution is 0.0529. The molecule has 0 bridgehead atoms. The van der Waals surface area contributed by atoms with Gasteiger partial charge in [0.15, 0.2) is 5.82 Å². The lowest BCUT2D eigenvalue weighted by Gasteiger charge is -2.06. The Balaban J connectivity index is 2.11. The molecule has 2 aromatic rings. The highest BCUT2D eigenvalue weighted by atomic mass is 32.1. The van der Waals surface area contributed by atoms with Crippen LogP contribution in [0.1, 0.15) is 22.8 Å². The quantitative estimate of drug-likeness (QED) is 0.812. The maximum absolute atomic E-state index is 11.8. The van der Waals surface area contributed by atoms with E-state index in [9.17, 15) is 4.79 Å². The molecule has 0 aromatic carbocycles. The van der Waals surface area contributed by atoms with Crippen LogP contribution in [0.3, 0.4) is 0 Å². The van der Waals surface area contributed by atoms with Crippen molar-refractivity contribution in [2.24, 2.45) is 0 Å². The van der Waals surface area contributed by atoms with Gasteiger partial charge in [-0.3, -0.25) is 4.98 Å². The monoisotopic (exact) mass is 278 g/mol. The fraction of sp³-hybridized carbons (Fsp3) is 0.250. The van der Waals surface area contributed by atoms with Crippen LogP contribution in [0.5, 0.6) is 0 Å². The molecular formula is C12H14N4O2S. The van der Waals surface area contributed by atoms with Crippen molar-refractivity contribution in [2.45, 2.75) is 13.5 Å². The average molecular weight is 278 g/mol. The third-order valence-electron chi connectivity index (χ3n) is 2.37. The summed E-state index contributed by atoms with van der Waals surface area (Å²) in [4.78, 5) is 15.8. The second-order valence-electron chi connectivity index (χ2n) is 3.71. The molecular weight excluding hydrogens is 264 g/mol. The lowest BCUT2D eigenvalue weighted by Crippen LogP contribution is -2.10. The number of aromatic nitrogens is 2. The first-order valence-electron chi connectivity index (χ1n) is 5.77. The molecule has 7 heteroatoms. The van der Waals surface area contributed by atoms with E-state index in [1.165, 1.54) is 0 Å². The van der Waals surface area contributed by atoms with Crippen LogP contribution in [0.2, 0.25) is 0 Å². The fourth-order valence-electron chi connectivity index (χ4n) is 1.51. The molecule has 0 amide bonds. The van der Waals surface area contributed by atoms with Gasteiger partial charge in [-0.25, -0.2) is 4.79 Å². The number of nitrogens with one attached hydrogen (secondary N) is 1. The van der Waals surface area contributed by atoms with E-state index in [0.717, 1.165) is 17.1 Å². The van der Waals surface area contributed by atoms with E-state index in [2.05, 4.69) is 14.7 Å². The van der Waals surface area contributed by atoms with E-state index in [-0.39, 0.29) is 5.82 Å². The van der Waals surface area contributed by atoms with Gasteiger partial charge >= 0.3 is 5.97 Å². The highest BCUT2D eigenvalue weighted by Crippen LogP contribution is 2.27. The van der Waals surface area contributed by atoms with Crippen molar-refractivity contribution >= 4 is 28.3 Å². The first-order valence-corrected chi connectivity index (χ1v) is 6.54. The highest BCUT2D eigenvalue weighted by molar-refractivity contribution is 7.11. The third kappa shape index (κ3) is 3.19. The number of esters is 1. The van der Waals surface area contributed by atoms with Crippen molar-refractivity contribution in [1.82, 2.24) is 9.36 Å². The molecule has 0 fully saturated rings. The molecule has 0 unspecified atom stereocenters. The van der Waals surface area contributed by atoms with Gasteiger partial charge in [-0.15, -0.1) is 0 Å². The summed E-state index contributed by atoms with van der Waals surface area (Å²) >= 11 is 1.14. The molecule has 2 rings (SSSR count). The van der Waals surface area contributed by atoms with Crippen LogP contribution < -0.4 is 11.1 Å². The first-order chi connectivity index (χ1) is 9.22. The normalized spacial score (nSPS) is 10.2. The summed E-state index contributed by atoms with van der Waals surface area (Å²) in [5, 5.41) is 3.74. The molecule has 0 spiro atoms. The maximum atomic E-state index is 11.8. The minimum absolute atomic E-state index is 0.192. The Kier molecular flexibility index (Phi) is 4.30. The number of anilines is 2. The van der Waals surface area contributed by atoms with Crippen LogP contribution in [-0.4, -0.2) is 21.9 Å². The molecule has 0 aliphatic rings. The molecule has 0 atom stereocenters.